The van der Waals surface area contributed by atoms with Crippen molar-refractivity contribution in [3.63, 3.8) is 0 Å². The molecule has 0 aliphatic carbocycles. The zero-order valence-electron chi connectivity index (χ0n) is 9.41. The van der Waals surface area contributed by atoms with Crippen LogP contribution in [0.5, 0.6) is 0 Å². The second-order valence-electron chi connectivity index (χ2n) is 3.51. The van der Waals surface area contributed by atoms with E-state index in [2.05, 4.69) is 0 Å². The number of hydrogen-bond donors (Lipinski definition) is 0. The van der Waals surface area contributed by atoms with Gasteiger partial charge < -0.3 is 4.90 Å². The van der Waals surface area contributed by atoms with Gasteiger partial charge in [-0.3, -0.25) is 4.79 Å². The Kier molecular flexibility index (Phi) is 4.58. The number of nitrogens with zero attached hydrogens (tertiary/aromatic N) is 2. The highest BCUT2D eigenvalue weighted by molar-refractivity contribution is 5.94. The smallest absolute Gasteiger partial charge is 0.257 e. The van der Waals surface area contributed by atoms with E-state index in [0.29, 0.717) is 19.0 Å². The fourth-order valence-electron chi connectivity index (χ4n) is 1.44. The molecule has 0 aliphatic rings. The van der Waals surface area contributed by atoms with Crippen molar-refractivity contribution in [2.75, 3.05) is 13.1 Å². The van der Waals surface area contributed by atoms with Crippen LogP contribution in [0.1, 0.15) is 23.7 Å². The van der Waals surface area contributed by atoms with Gasteiger partial charge in [0.25, 0.3) is 5.91 Å². The summed E-state index contributed by atoms with van der Waals surface area (Å²) in [5.74, 6) is -2.23. The quantitative estimate of drug-likeness (QED) is 0.756. The number of benzene rings is 1. The highest BCUT2D eigenvalue weighted by Gasteiger charge is 2.18. The van der Waals surface area contributed by atoms with Gasteiger partial charge in [-0.2, -0.15) is 5.26 Å². The Balaban J connectivity index is 2.97. The van der Waals surface area contributed by atoms with Crippen molar-refractivity contribution in [3.8, 4) is 6.07 Å². The van der Waals surface area contributed by atoms with Crippen LogP contribution >= 0.6 is 0 Å². The SMILES string of the molecule is CCCN(CC#N)C(=O)c1ccc(F)cc1F. The van der Waals surface area contributed by atoms with Gasteiger partial charge in [-0.15, -0.1) is 0 Å². The predicted molar refractivity (Wildman–Crippen MR) is 58.2 cm³/mol. The minimum Gasteiger partial charge on any atom is -0.325 e. The van der Waals surface area contributed by atoms with Crippen LogP contribution in [-0.4, -0.2) is 23.9 Å². The lowest BCUT2D eigenvalue weighted by Crippen LogP contribution is -2.32. The monoisotopic (exact) mass is 238 g/mol. The van der Waals surface area contributed by atoms with Crippen molar-refractivity contribution < 1.29 is 13.6 Å². The Hall–Kier alpha value is -1.96. The Labute approximate surface area is 98.3 Å². The zero-order chi connectivity index (χ0) is 12.8. The maximum absolute atomic E-state index is 13.4. The molecule has 3 nitrogen and oxygen atoms in total. The number of carbonyl (C=O) groups is 1. The number of halogens is 2. The van der Waals surface area contributed by atoms with Crippen molar-refractivity contribution in [1.29, 1.82) is 5.26 Å². The molecule has 0 N–H and O–H groups in total. The number of rotatable bonds is 4. The summed E-state index contributed by atoms with van der Waals surface area (Å²) in [6.07, 6.45) is 0.663. The molecule has 1 amide bonds. The Bertz CT molecular complexity index is 454. The van der Waals surface area contributed by atoms with E-state index in [0.717, 1.165) is 12.1 Å². The normalized spacial score (nSPS) is 9.76. The molecule has 0 saturated carbocycles. The molecule has 0 aliphatic heterocycles. The first-order valence-corrected chi connectivity index (χ1v) is 5.21. The summed E-state index contributed by atoms with van der Waals surface area (Å²) >= 11 is 0. The molecule has 0 fully saturated rings. The fraction of sp³-hybridized carbons (Fsp3) is 0.333. The number of nitriles is 1. The number of amides is 1. The van der Waals surface area contributed by atoms with Crippen LogP contribution in [0.2, 0.25) is 0 Å². The highest BCUT2D eigenvalue weighted by Crippen LogP contribution is 2.12. The average Bonchev–Trinajstić information content (AvgIpc) is 2.28. The van der Waals surface area contributed by atoms with Crippen LogP contribution in [0.3, 0.4) is 0 Å². The van der Waals surface area contributed by atoms with Gasteiger partial charge in [-0.05, 0) is 18.6 Å². The molecule has 0 spiro atoms. The van der Waals surface area contributed by atoms with Crippen molar-refractivity contribution in [2.24, 2.45) is 0 Å². The summed E-state index contributed by atoms with van der Waals surface area (Å²) in [5, 5.41) is 8.57. The molecule has 1 aromatic carbocycles. The first-order valence-electron chi connectivity index (χ1n) is 5.21. The topological polar surface area (TPSA) is 44.1 Å². The summed E-state index contributed by atoms with van der Waals surface area (Å²) in [4.78, 5) is 13.1. The molecule has 0 heterocycles. The second-order valence-corrected chi connectivity index (χ2v) is 3.51. The van der Waals surface area contributed by atoms with Gasteiger partial charge in [0.15, 0.2) is 0 Å². The largest absolute Gasteiger partial charge is 0.325 e. The molecule has 0 unspecified atom stereocenters. The minimum absolute atomic E-state index is 0.108. The third-order valence-corrected chi connectivity index (χ3v) is 2.20. The summed E-state index contributed by atoms with van der Waals surface area (Å²) in [6.45, 7) is 2.10. The van der Waals surface area contributed by atoms with Crippen molar-refractivity contribution in [2.45, 2.75) is 13.3 Å². The third kappa shape index (κ3) is 3.25. The molecular weight excluding hydrogens is 226 g/mol. The molecule has 0 saturated heterocycles. The van der Waals surface area contributed by atoms with E-state index in [1.165, 1.54) is 4.90 Å². The zero-order valence-corrected chi connectivity index (χ0v) is 9.41. The molecule has 0 atom stereocenters. The lowest BCUT2D eigenvalue weighted by Gasteiger charge is -2.18. The van der Waals surface area contributed by atoms with Gasteiger partial charge in [-0.1, -0.05) is 6.92 Å². The van der Waals surface area contributed by atoms with Crippen molar-refractivity contribution in [3.05, 3.63) is 35.4 Å². The average molecular weight is 238 g/mol. The van der Waals surface area contributed by atoms with E-state index in [9.17, 15) is 13.6 Å². The summed E-state index contributed by atoms with van der Waals surface area (Å²) < 4.78 is 26.1. The van der Waals surface area contributed by atoms with Crippen LogP contribution in [-0.2, 0) is 0 Å². The standard InChI is InChI=1S/C12H12F2N2O/c1-2-6-16(7-5-15)12(17)10-4-3-9(13)8-11(10)14/h3-4,8H,2,6-7H2,1H3. The van der Waals surface area contributed by atoms with Gasteiger partial charge in [-0.25, -0.2) is 8.78 Å². The maximum atomic E-state index is 13.4. The second kappa shape index (κ2) is 5.94. The van der Waals surface area contributed by atoms with Crippen LogP contribution in [0.15, 0.2) is 18.2 Å². The minimum atomic E-state index is -0.908. The molecule has 1 rings (SSSR count). The van der Waals surface area contributed by atoms with Crippen molar-refractivity contribution >= 4 is 5.91 Å². The molecule has 5 heteroatoms. The molecule has 0 aromatic heterocycles. The van der Waals surface area contributed by atoms with E-state index >= 15 is 0 Å². The predicted octanol–water partition coefficient (Wildman–Crippen LogP) is 2.34. The lowest BCUT2D eigenvalue weighted by molar-refractivity contribution is 0.0771. The van der Waals surface area contributed by atoms with E-state index in [-0.39, 0.29) is 12.1 Å². The Morgan fingerprint density at radius 1 is 1.47 bits per heavy atom. The lowest BCUT2D eigenvalue weighted by atomic mass is 10.1. The van der Waals surface area contributed by atoms with Crippen LogP contribution in [0, 0.1) is 23.0 Å². The fourth-order valence-corrected chi connectivity index (χ4v) is 1.44. The van der Waals surface area contributed by atoms with E-state index in [4.69, 9.17) is 5.26 Å². The molecule has 0 bridgehead atoms. The third-order valence-electron chi connectivity index (χ3n) is 2.20. The number of carbonyl (C=O) groups excluding carboxylic acids is 1. The molecule has 1 aromatic rings. The molecule has 17 heavy (non-hydrogen) atoms. The van der Waals surface area contributed by atoms with Gasteiger partial charge in [0.1, 0.15) is 18.2 Å². The van der Waals surface area contributed by atoms with Crippen LogP contribution in [0.25, 0.3) is 0 Å². The number of hydrogen-bond acceptors (Lipinski definition) is 2. The molecule has 90 valence electrons. The summed E-state index contributed by atoms with van der Waals surface area (Å²) in [6, 6.07) is 4.61. The van der Waals surface area contributed by atoms with E-state index in [1.807, 2.05) is 13.0 Å². The summed E-state index contributed by atoms with van der Waals surface area (Å²) in [7, 11) is 0. The molecular formula is C12H12F2N2O. The van der Waals surface area contributed by atoms with E-state index in [1.54, 1.807) is 0 Å². The van der Waals surface area contributed by atoms with Crippen LogP contribution in [0.4, 0.5) is 8.78 Å². The van der Waals surface area contributed by atoms with Crippen molar-refractivity contribution in [1.82, 2.24) is 4.90 Å². The first-order chi connectivity index (χ1) is 8.10. The van der Waals surface area contributed by atoms with Gasteiger partial charge >= 0.3 is 0 Å². The summed E-state index contributed by atoms with van der Waals surface area (Å²) in [5.41, 5.74) is -0.213. The van der Waals surface area contributed by atoms with Gasteiger partial charge in [0.2, 0.25) is 0 Å². The first kappa shape index (κ1) is 13.1. The Morgan fingerprint density at radius 2 is 2.18 bits per heavy atom. The van der Waals surface area contributed by atoms with E-state index < -0.39 is 17.5 Å². The van der Waals surface area contributed by atoms with Crippen LogP contribution < -0.4 is 0 Å². The highest BCUT2D eigenvalue weighted by atomic mass is 19.1. The maximum Gasteiger partial charge on any atom is 0.257 e. The van der Waals surface area contributed by atoms with Gasteiger partial charge in [0.05, 0.1) is 11.6 Å². The van der Waals surface area contributed by atoms with Gasteiger partial charge in [0, 0.05) is 12.6 Å². The molecule has 0 radical (unpaired) electrons. The Morgan fingerprint density at radius 3 is 2.71 bits per heavy atom.